The lowest BCUT2D eigenvalue weighted by Crippen LogP contribution is -2.13. The SMILES string of the molecule is CCNc1nnc(SCC(=O)c2c(C)[nH]c(C)c2C(=O)OCC)s1. The van der Waals surface area contributed by atoms with Crippen molar-refractivity contribution < 1.29 is 14.3 Å². The van der Waals surface area contributed by atoms with Crippen LogP contribution in [0.25, 0.3) is 0 Å². The highest BCUT2D eigenvalue weighted by Gasteiger charge is 2.25. The van der Waals surface area contributed by atoms with Crippen molar-refractivity contribution in [3.8, 4) is 0 Å². The van der Waals surface area contributed by atoms with Crippen molar-refractivity contribution in [2.24, 2.45) is 0 Å². The molecule has 0 bridgehead atoms. The molecule has 0 saturated carbocycles. The van der Waals surface area contributed by atoms with Gasteiger partial charge in [-0.15, -0.1) is 10.2 Å². The van der Waals surface area contributed by atoms with E-state index >= 15 is 0 Å². The summed E-state index contributed by atoms with van der Waals surface area (Å²) in [5.41, 5.74) is 2.04. The molecule has 24 heavy (non-hydrogen) atoms. The average Bonchev–Trinajstić information content (AvgIpc) is 3.09. The Labute approximate surface area is 148 Å². The van der Waals surface area contributed by atoms with E-state index in [1.807, 2.05) is 6.92 Å². The number of aromatic amines is 1. The Morgan fingerprint density at radius 3 is 2.58 bits per heavy atom. The van der Waals surface area contributed by atoms with E-state index in [0.29, 0.717) is 26.9 Å². The Morgan fingerprint density at radius 2 is 1.92 bits per heavy atom. The number of hydrogen-bond donors (Lipinski definition) is 2. The molecule has 2 N–H and O–H groups in total. The third kappa shape index (κ3) is 4.15. The number of Topliss-reactive ketones (excluding diaryl/α,β-unsaturated/α-hetero) is 1. The van der Waals surface area contributed by atoms with Gasteiger partial charge in [-0.1, -0.05) is 23.1 Å². The number of rotatable bonds is 8. The molecule has 0 fully saturated rings. The Kier molecular flexibility index (Phi) is 6.38. The molecular formula is C15H20N4O3S2. The Bertz CT molecular complexity index is 739. The molecule has 9 heteroatoms. The van der Waals surface area contributed by atoms with Crippen molar-refractivity contribution in [2.75, 3.05) is 24.2 Å². The summed E-state index contributed by atoms with van der Waals surface area (Å²) in [6.45, 7) is 8.29. The molecule has 0 aromatic carbocycles. The number of nitrogens with zero attached hydrogens (tertiary/aromatic N) is 2. The number of esters is 1. The van der Waals surface area contributed by atoms with E-state index in [0.717, 1.165) is 11.7 Å². The quantitative estimate of drug-likeness (QED) is 0.420. The number of carbonyl (C=O) groups is 2. The highest BCUT2D eigenvalue weighted by Crippen LogP contribution is 2.28. The second kappa shape index (κ2) is 8.29. The number of nitrogens with one attached hydrogen (secondary N) is 2. The first-order valence-electron chi connectivity index (χ1n) is 7.57. The van der Waals surface area contributed by atoms with Crippen LogP contribution in [0.3, 0.4) is 0 Å². The first kappa shape index (κ1) is 18.5. The molecular weight excluding hydrogens is 348 g/mol. The minimum Gasteiger partial charge on any atom is -0.462 e. The summed E-state index contributed by atoms with van der Waals surface area (Å²) < 4.78 is 5.77. The second-order valence-corrected chi connectivity index (χ2v) is 7.16. The van der Waals surface area contributed by atoms with Crippen molar-refractivity contribution in [1.82, 2.24) is 15.2 Å². The molecule has 0 amide bonds. The first-order valence-corrected chi connectivity index (χ1v) is 9.37. The van der Waals surface area contributed by atoms with Gasteiger partial charge in [0.05, 0.1) is 23.5 Å². The molecule has 0 atom stereocenters. The zero-order valence-corrected chi connectivity index (χ0v) is 15.7. The number of aromatic nitrogens is 3. The van der Waals surface area contributed by atoms with Crippen molar-refractivity contribution in [1.29, 1.82) is 0 Å². The molecule has 130 valence electrons. The van der Waals surface area contributed by atoms with E-state index in [1.54, 1.807) is 20.8 Å². The van der Waals surface area contributed by atoms with Crippen LogP contribution in [0.5, 0.6) is 0 Å². The molecule has 2 aromatic heterocycles. The maximum atomic E-state index is 12.6. The van der Waals surface area contributed by atoms with Crippen LogP contribution in [-0.4, -0.2) is 45.8 Å². The number of carbonyl (C=O) groups excluding carboxylic acids is 2. The summed E-state index contributed by atoms with van der Waals surface area (Å²) in [6.07, 6.45) is 0. The number of hydrogen-bond acceptors (Lipinski definition) is 8. The van der Waals surface area contributed by atoms with Crippen molar-refractivity contribution >= 4 is 40.0 Å². The second-order valence-electron chi connectivity index (χ2n) is 4.96. The molecule has 7 nitrogen and oxygen atoms in total. The predicted octanol–water partition coefficient (Wildman–Crippen LogP) is 3.07. The number of ether oxygens (including phenoxy) is 1. The van der Waals surface area contributed by atoms with Gasteiger partial charge in [0, 0.05) is 17.9 Å². The largest absolute Gasteiger partial charge is 0.462 e. The summed E-state index contributed by atoms with van der Waals surface area (Å²) in [5.74, 6) is -0.422. The number of aryl methyl sites for hydroxylation is 2. The van der Waals surface area contributed by atoms with Crippen LogP contribution in [0.15, 0.2) is 4.34 Å². The summed E-state index contributed by atoms with van der Waals surface area (Å²) in [5, 5.41) is 11.8. The van der Waals surface area contributed by atoms with E-state index in [4.69, 9.17) is 4.74 Å². The van der Waals surface area contributed by atoms with Gasteiger partial charge in [-0.25, -0.2) is 4.79 Å². The molecule has 2 aromatic rings. The third-order valence-corrected chi connectivity index (χ3v) is 5.21. The zero-order chi connectivity index (χ0) is 17.7. The lowest BCUT2D eigenvalue weighted by Gasteiger charge is -2.05. The first-order chi connectivity index (χ1) is 11.5. The monoisotopic (exact) mass is 368 g/mol. The van der Waals surface area contributed by atoms with Crippen LogP contribution in [0.4, 0.5) is 5.13 Å². The summed E-state index contributed by atoms with van der Waals surface area (Å²) in [6, 6.07) is 0. The van der Waals surface area contributed by atoms with Crippen LogP contribution in [0, 0.1) is 13.8 Å². The van der Waals surface area contributed by atoms with Gasteiger partial charge < -0.3 is 15.0 Å². The summed E-state index contributed by atoms with van der Waals surface area (Å²) in [7, 11) is 0. The number of thioether (sulfide) groups is 1. The fraction of sp³-hybridized carbons (Fsp3) is 0.467. The van der Waals surface area contributed by atoms with Crippen LogP contribution in [0.1, 0.15) is 46.0 Å². The van der Waals surface area contributed by atoms with Gasteiger partial charge in [-0.3, -0.25) is 4.79 Å². The van der Waals surface area contributed by atoms with Gasteiger partial charge in [0.25, 0.3) is 0 Å². The minimum atomic E-state index is -0.474. The molecule has 0 spiro atoms. The Balaban J connectivity index is 2.12. The van der Waals surface area contributed by atoms with Gasteiger partial charge in [0.1, 0.15) is 0 Å². The average molecular weight is 368 g/mol. The van der Waals surface area contributed by atoms with E-state index in [-0.39, 0.29) is 18.1 Å². The molecule has 0 unspecified atom stereocenters. The maximum absolute atomic E-state index is 12.6. The molecule has 0 aliphatic heterocycles. The molecule has 0 aliphatic carbocycles. The van der Waals surface area contributed by atoms with E-state index in [1.165, 1.54) is 23.1 Å². The fourth-order valence-electron chi connectivity index (χ4n) is 2.28. The van der Waals surface area contributed by atoms with Crippen LogP contribution < -0.4 is 5.32 Å². The molecule has 0 radical (unpaired) electrons. The van der Waals surface area contributed by atoms with Gasteiger partial charge >= 0.3 is 5.97 Å². The highest BCUT2D eigenvalue weighted by molar-refractivity contribution is 8.01. The summed E-state index contributed by atoms with van der Waals surface area (Å²) >= 11 is 2.71. The normalized spacial score (nSPS) is 10.7. The minimum absolute atomic E-state index is 0.134. The van der Waals surface area contributed by atoms with E-state index in [2.05, 4.69) is 20.5 Å². The van der Waals surface area contributed by atoms with Gasteiger partial charge in [0.2, 0.25) is 5.13 Å². The molecule has 2 rings (SSSR count). The lowest BCUT2D eigenvalue weighted by molar-refractivity contribution is 0.0522. The summed E-state index contributed by atoms with van der Waals surface area (Å²) in [4.78, 5) is 27.8. The van der Waals surface area contributed by atoms with E-state index in [9.17, 15) is 9.59 Å². The van der Waals surface area contributed by atoms with Crippen LogP contribution in [0.2, 0.25) is 0 Å². The lowest BCUT2D eigenvalue weighted by atomic mass is 10.1. The molecule has 2 heterocycles. The number of anilines is 1. The van der Waals surface area contributed by atoms with Gasteiger partial charge in [-0.2, -0.15) is 0 Å². The maximum Gasteiger partial charge on any atom is 0.340 e. The van der Waals surface area contributed by atoms with Crippen molar-refractivity contribution in [2.45, 2.75) is 32.0 Å². The fourth-order valence-corrected chi connectivity index (χ4v) is 3.97. The van der Waals surface area contributed by atoms with Crippen LogP contribution in [-0.2, 0) is 4.74 Å². The number of ketones is 1. The van der Waals surface area contributed by atoms with Gasteiger partial charge in [0.15, 0.2) is 10.1 Å². The standard InChI is InChI=1S/C15H20N4O3S2/c1-5-16-14-18-19-15(24-14)23-7-10(20)11-8(3)17-9(4)12(11)13(21)22-6-2/h17H,5-7H2,1-4H3,(H,16,18). The van der Waals surface area contributed by atoms with Crippen LogP contribution >= 0.6 is 23.1 Å². The third-order valence-electron chi connectivity index (χ3n) is 3.19. The van der Waals surface area contributed by atoms with E-state index < -0.39 is 5.97 Å². The smallest absolute Gasteiger partial charge is 0.340 e. The van der Waals surface area contributed by atoms with Crippen molar-refractivity contribution in [3.05, 3.63) is 22.5 Å². The topological polar surface area (TPSA) is 97.0 Å². The van der Waals surface area contributed by atoms with Gasteiger partial charge in [-0.05, 0) is 27.7 Å². The molecule has 0 saturated heterocycles. The Morgan fingerprint density at radius 1 is 1.21 bits per heavy atom. The molecule has 0 aliphatic rings. The predicted molar refractivity (Wildman–Crippen MR) is 95.4 cm³/mol. The zero-order valence-electron chi connectivity index (χ0n) is 14.1. The highest BCUT2D eigenvalue weighted by atomic mass is 32.2. The van der Waals surface area contributed by atoms with Crippen molar-refractivity contribution in [3.63, 3.8) is 0 Å². The Hall–Kier alpha value is -1.87. The number of H-pyrrole nitrogens is 1.